The van der Waals surface area contributed by atoms with Gasteiger partial charge in [0.2, 0.25) is 0 Å². The molecule has 140 valence electrons. The maximum Gasteiger partial charge on any atom is 0.252 e. The summed E-state index contributed by atoms with van der Waals surface area (Å²) < 4.78 is 0. The molecule has 6 heteroatoms. The van der Waals surface area contributed by atoms with Crippen molar-refractivity contribution in [3.63, 3.8) is 0 Å². The molecule has 25 heavy (non-hydrogen) atoms. The number of pyridine rings is 1. The van der Waals surface area contributed by atoms with Gasteiger partial charge in [0, 0.05) is 31.5 Å². The molecule has 0 aliphatic heterocycles. The standard InChI is InChI=1S/C19H33N5O/c1-6-21-18(24-15(2)9-10-19(3,4)5)23-13-12-22-17(25)16-8-7-11-20-14-16/h7-8,11,14-15H,6,9-10,12-13H2,1-5H3,(H,22,25)(H2,21,23,24). The smallest absolute Gasteiger partial charge is 0.252 e. The van der Waals surface area contributed by atoms with E-state index in [1.807, 2.05) is 6.92 Å². The first-order chi connectivity index (χ1) is 11.8. The molecule has 0 fully saturated rings. The number of nitrogens with zero attached hydrogens (tertiary/aromatic N) is 2. The van der Waals surface area contributed by atoms with Crippen LogP contribution in [0.1, 0.15) is 57.8 Å². The van der Waals surface area contributed by atoms with Crippen molar-refractivity contribution in [2.75, 3.05) is 19.6 Å². The number of hydrogen-bond donors (Lipinski definition) is 3. The van der Waals surface area contributed by atoms with Crippen molar-refractivity contribution in [3.8, 4) is 0 Å². The number of aliphatic imine (C=N–C) groups is 1. The first-order valence-corrected chi connectivity index (χ1v) is 9.05. The van der Waals surface area contributed by atoms with Gasteiger partial charge in [-0.15, -0.1) is 0 Å². The summed E-state index contributed by atoms with van der Waals surface area (Å²) in [6.45, 7) is 12.8. The average Bonchev–Trinajstić information content (AvgIpc) is 2.57. The largest absolute Gasteiger partial charge is 0.357 e. The molecule has 1 heterocycles. The summed E-state index contributed by atoms with van der Waals surface area (Å²) in [6.07, 6.45) is 5.45. The third-order valence-electron chi connectivity index (χ3n) is 3.65. The van der Waals surface area contributed by atoms with Crippen LogP contribution < -0.4 is 16.0 Å². The Morgan fingerprint density at radius 2 is 2.08 bits per heavy atom. The zero-order chi connectivity index (χ0) is 18.7. The van der Waals surface area contributed by atoms with E-state index in [-0.39, 0.29) is 5.91 Å². The van der Waals surface area contributed by atoms with Crippen LogP contribution in [0.5, 0.6) is 0 Å². The second kappa shape index (κ2) is 10.7. The molecule has 0 bridgehead atoms. The lowest BCUT2D eigenvalue weighted by Gasteiger charge is -2.23. The molecule has 0 aromatic carbocycles. The number of hydrogen-bond acceptors (Lipinski definition) is 3. The van der Waals surface area contributed by atoms with E-state index in [2.05, 4.69) is 53.6 Å². The van der Waals surface area contributed by atoms with Crippen molar-refractivity contribution < 1.29 is 4.79 Å². The van der Waals surface area contributed by atoms with Crippen molar-refractivity contribution in [1.82, 2.24) is 20.9 Å². The normalized spacial score (nSPS) is 13.2. The predicted octanol–water partition coefficient (Wildman–Crippen LogP) is 2.58. The Labute approximate surface area is 151 Å². The summed E-state index contributed by atoms with van der Waals surface area (Å²) in [5.74, 6) is 0.666. The molecule has 0 aliphatic carbocycles. The van der Waals surface area contributed by atoms with Crippen molar-refractivity contribution in [3.05, 3.63) is 30.1 Å². The Balaban J connectivity index is 2.40. The highest BCUT2D eigenvalue weighted by molar-refractivity contribution is 5.93. The van der Waals surface area contributed by atoms with Crippen LogP contribution in [0.2, 0.25) is 0 Å². The molecular weight excluding hydrogens is 314 g/mol. The summed E-state index contributed by atoms with van der Waals surface area (Å²) in [5.41, 5.74) is 0.898. The van der Waals surface area contributed by atoms with Crippen molar-refractivity contribution in [2.24, 2.45) is 10.4 Å². The minimum atomic E-state index is -0.125. The van der Waals surface area contributed by atoms with Gasteiger partial charge in [0.05, 0.1) is 12.1 Å². The summed E-state index contributed by atoms with van der Waals surface area (Å²) in [7, 11) is 0. The molecule has 1 aromatic heterocycles. The van der Waals surface area contributed by atoms with E-state index in [1.54, 1.807) is 24.5 Å². The molecule has 1 unspecified atom stereocenters. The van der Waals surface area contributed by atoms with Gasteiger partial charge in [-0.2, -0.15) is 0 Å². The lowest BCUT2D eigenvalue weighted by molar-refractivity contribution is 0.0954. The van der Waals surface area contributed by atoms with E-state index in [1.165, 1.54) is 0 Å². The monoisotopic (exact) mass is 347 g/mol. The number of aromatic nitrogens is 1. The molecule has 1 atom stereocenters. The molecule has 0 spiro atoms. The van der Waals surface area contributed by atoms with Crippen molar-refractivity contribution in [1.29, 1.82) is 0 Å². The Bertz CT molecular complexity index is 536. The van der Waals surface area contributed by atoms with Crippen LogP contribution in [-0.2, 0) is 0 Å². The number of nitrogens with one attached hydrogen (secondary N) is 3. The predicted molar refractivity (Wildman–Crippen MR) is 104 cm³/mol. The lowest BCUT2D eigenvalue weighted by Crippen LogP contribution is -2.43. The average molecular weight is 348 g/mol. The van der Waals surface area contributed by atoms with E-state index in [0.717, 1.165) is 25.3 Å². The molecule has 6 nitrogen and oxygen atoms in total. The Morgan fingerprint density at radius 3 is 2.68 bits per heavy atom. The number of amides is 1. The molecule has 0 aliphatic rings. The van der Waals surface area contributed by atoms with Gasteiger partial charge in [0.15, 0.2) is 5.96 Å². The maximum atomic E-state index is 11.9. The zero-order valence-corrected chi connectivity index (χ0v) is 16.2. The van der Waals surface area contributed by atoms with Gasteiger partial charge in [-0.1, -0.05) is 20.8 Å². The lowest BCUT2D eigenvalue weighted by atomic mass is 9.89. The zero-order valence-electron chi connectivity index (χ0n) is 16.2. The van der Waals surface area contributed by atoms with Gasteiger partial charge in [0.1, 0.15) is 0 Å². The van der Waals surface area contributed by atoms with E-state index in [9.17, 15) is 4.79 Å². The Kier molecular flexibility index (Phi) is 8.95. The van der Waals surface area contributed by atoms with E-state index in [0.29, 0.717) is 30.1 Å². The molecule has 1 rings (SSSR count). The molecule has 0 radical (unpaired) electrons. The fraction of sp³-hybridized carbons (Fsp3) is 0.632. The summed E-state index contributed by atoms with van der Waals surface area (Å²) >= 11 is 0. The Hall–Kier alpha value is -2.11. The van der Waals surface area contributed by atoms with Gasteiger partial charge < -0.3 is 16.0 Å². The minimum absolute atomic E-state index is 0.125. The van der Waals surface area contributed by atoms with Crippen LogP contribution in [0.4, 0.5) is 0 Å². The van der Waals surface area contributed by atoms with Gasteiger partial charge in [0.25, 0.3) is 5.91 Å². The van der Waals surface area contributed by atoms with Crippen LogP contribution in [0.15, 0.2) is 29.5 Å². The van der Waals surface area contributed by atoms with Crippen LogP contribution in [-0.4, -0.2) is 42.5 Å². The van der Waals surface area contributed by atoms with Gasteiger partial charge in [-0.25, -0.2) is 0 Å². The second-order valence-electron chi connectivity index (χ2n) is 7.40. The van der Waals surface area contributed by atoms with Crippen LogP contribution in [0.3, 0.4) is 0 Å². The van der Waals surface area contributed by atoms with E-state index in [4.69, 9.17) is 0 Å². The van der Waals surface area contributed by atoms with Crippen LogP contribution >= 0.6 is 0 Å². The van der Waals surface area contributed by atoms with Gasteiger partial charge >= 0.3 is 0 Å². The SMILES string of the molecule is CCNC(=NCCNC(=O)c1cccnc1)NC(C)CCC(C)(C)C. The third-order valence-corrected chi connectivity index (χ3v) is 3.65. The minimum Gasteiger partial charge on any atom is -0.357 e. The van der Waals surface area contributed by atoms with Gasteiger partial charge in [-0.05, 0) is 44.2 Å². The fourth-order valence-corrected chi connectivity index (χ4v) is 2.21. The Morgan fingerprint density at radius 1 is 1.32 bits per heavy atom. The quantitative estimate of drug-likeness (QED) is 0.384. The van der Waals surface area contributed by atoms with Gasteiger partial charge in [-0.3, -0.25) is 14.8 Å². The van der Waals surface area contributed by atoms with Crippen molar-refractivity contribution in [2.45, 2.75) is 53.5 Å². The number of carbonyl (C=O) groups excluding carboxylic acids is 1. The molecule has 0 saturated heterocycles. The number of carbonyl (C=O) groups is 1. The molecule has 1 aromatic rings. The topological polar surface area (TPSA) is 78.4 Å². The first-order valence-electron chi connectivity index (χ1n) is 9.05. The van der Waals surface area contributed by atoms with Crippen LogP contribution in [0.25, 0.3) is 0 Å². The second-order valence-corrected chi connectivity index (χ2v) is 7.40. The summed E-state index contributed by atoms with van der Waals surface area (Å²) in [5, 5.41) is 9.53. The maximum absolute atomic E-state index is 11.9. The summed E-state index contributed by atoms with van der Waals surface area (Å²) in [6, 6.07) is 3.84. The highest BCUT2D eigenvalue weighted by Crippen LogP contribution is 2.21. The van der Waals surface area contributed by atoms with E-state index >= 15 is 0 Å². The molecule has 3 N–H and O–H groups in total. The molecule has 1 amide bonds. The fourth-order valence-electron chi connectivity index (χ4n) is 2.21. The van der Waals surface area contributed by atoms with Crippen molar-refractivity contribution >= 4 is 11.9 Å². The van der Waals surface area contributed by atoms with Crippen LogP contribution in [0, 0.1) is 5.41 Å². The first kappa shape index (κ1) is 20.9. The van der Waals surface area contributed by atoms with E-state index < -0.39 is 0 Å². The highest BCUT2D eigenvalue weighted by atomic mass is 16.1. The number of guanidine groups is 1. The third kappa shape index (κ3) is 9.69. The molecule has 0 saturated carbocycles. The number of rotatable bonds is 8. The summed E-state index contributed by atoms with van der Waals surface area (Å²) in [4.78, 5) is 20.4. The molecular formula is C19H33N5O. The highest BCUT2D eigenvalue weighted by Gasteiger charge is 2.13.